The highest BCUT2D eigenvalue weighted by Gasteiger charge is 2.26. The first kappa shape index (κ1) is 10.6. The number of hydrogen-bond donors (Lipinski definition) is 1. The lowest BCUT2D eigenvalue weighted by atomic mass is 9.89. The van der Waals surface area contributed by atoms with Gasteiger partial charge >= 0.3 is 0 Å². The van der Waals surface area contributed by atoms with Crippen LogP contribution in [0.15, 0.2) is 24.3 Å². The summed E-state index contributed by atoms with van der Waals surface area (Å²) < 4.78 is 27.4. The van der Waals surface area contributed by atoms with Gasteiger partial charge in [-0.3, -0.25) is 0 Å². The van der Waals surface area contributed by atoms with E-state index in [1.165, 1.54) is 6.07 Å². The van der Waals surface area contributed by atoms with Crippen LogP contribution < -0.4 is 5.32 Å². The highest BCUT2D eigenvalue weighted by molar-refractivity contribution is 5.20. The molecule has 1 fully saturated rings. The third-order valence-electron chi connectivity index (χ3n) is 3.00. The Labute approximate surface area is 88.5 Å². The molecule has 1 aliphatic heterocycles. The summed E-state index contributed by atoms with van der Waals surface area (Å²) in [5.41, 5.74) is 0.212. The minimum Gasteiger partial charge on any atom is -0.317 e. The van der Waals surface area contributed by atoms with Gasteiger partial charge in [0.2, 0.25) is 0 Å². The average Bonchev–Trinajstić information content (AvgIpc) is 2.30. The number of nitrogens with one attached hydrogen (secondary N) is 1. The molecule has 1 saturated heterocycles. The van der Waals surface area contributed by atoms with Crippen molar-refractivity contribution in [3.05, 3.63) is 35.6 Å². The van der Waals surface area contributed by atoms with Crippen molar-refractivity contribution in [2.24, 2.45) is 5.92 Å². The van der Waals surface area contributed by atoms with Crippen LogP contribution in [0.1, 0.15) is 24.6 Å². The molecule has 0 spiro atoms. The van der Waals surface area contributed by atoms with Gasteiger partial charge in [-0.2, -0.15) is 0 Å². The van der Waals surface area contributed by atoms with Crippen molar-refractivity contribution in [3.63, 3.8) is 0 Å². The van der Waals surface area contributed by atoms with Gasteiger partial charge in [0.25, 0.3) is 0 Å². The van der Waals surface area contributed by atoms with E-state index in [1.807, 2.05) is 0 Å². The minimum absolute atomic E-state index is 0.0388. The van der Waals surface area contributed by atoms with Gasteiger partial charge in [0.05, 0.1) is 0 Å². The van der Waals surface area contributed by atoms with E-state index in [0.29, 0.717) is 0 Å². The lowest BCUT2D eigenvalue weighted by Gasteiger charge is -2.26. The lowest BCUT2D eigenvalue weighted by Crippen LogP contribution is -2.30. The van der Waals surface area contributed by atoms with Crippen LogP contribution in [0.4, 0.5) is 8.78 Å². The first-order chi connectivity index (χ1) is 7.29. The van der Waals surface area contributed by atoms with E-state index >= 15 is 0 Å². The van der Waals surface area contributed by atoms with Crippen LogP contribution >= 0.6 is 0 Å². The average molecular weight is 211 g/mol. The monoisotopic (exact) mass is 211 g/mol. The van der Waals surface area contributed by atoms with Crippen LogP contribution in [-0.2, 0) is 0 Å². The molecule has 0 aliphatic carbocycles. The Morgan fingerprint density at radius 1 is 1.20 bits per heavy atom. The predicted octanol–water partition coefficient (Wildman–Crippen LogP) is 2.84. The summed E-state index contributed by atoms with van der Waals surface area (Å²) in [4.78, 5) is 0. The van der Waals surface area contributed by atoms with Crippen molar-refractivity contribution in [2.75, 3.05) is 13.1 Å². The molecule has 2 rings (SSSR count). The quantitative estimate of drug-likeness (QED) is 0.793. The highest BCUT2D eigenvalue weighted by atomic mass is 19.1. The number of alkyl halides is 1. The number of rotatable bonds is 2. The van der Waals surface area contributed by atoms with Crippen molar-refractivity contribution in [3.8, 4) is 0 Å². The van der Waals surface area contributed by atoms with Gasteiger partial charge < -0.3 is 5.32 Å². The molecule has 1 atom stereocenters. The summed E-state index contributed by atoms with van der Waals surface area (Å²) in [5, 5.41) is 3.18. The number of hydrogen-bond acceptors (Lipinski definition) is 1. The molecule has 0 bridgehead atoms. The molecular formula is C12H15F2N. The number of halogens is 2. The molecule has 0 unspecified atom stereocenters. The molecular weight excluding hydrogens is 196 g/mol. The molecule has 1 N–H and O–H groups in total. The van der Waals surface area contributed by atoms with E-state index in [2.05, 4.69) is 5.32 Å². The van der Waals surface area contributed by atoms with Gasteiger partial charge in [0.1, 0.15) is 12.0 Å². The van der Waals surface area contributed by atoms with Crippen LogP contribution in [0.25, 0.3) is 0 Å². The zero-order valence-electron chi connectivity index (χ0n) is 8.55. The third kappa shape index (κ3) is 2.34. The second-order valence-electron chi connectivity index (χ2n) is 4.01. The topological polar surface area (TPSA) is 12.0 Å². The van der Waals surface area contributed by atoms with Crippen LogP contribution in [0.2, 0.25) is 0 Å². The van der Waals surface area contributed by atoms with E-state index in [0.717, 1.165) is 25.9 Å². The van der Waals surface area contributed by atoms with Gasteiger partial charge in [0.15, 0.2) is 0 Å². The molecule has 0 saturated carbocycles. The van der Waals surface area contributed by atoms with Crippen molar-refractivity contribution < 1.29 is 8.78 Å². The predicted molar refractivity (Wildman–Crippen MR) is 55.8 cm³/mol. The molecule has 1 aromatic rings. The number of benzene rings is 1. The SMILES string of the molecule is Fc1ccccc1[C@H](F)C1CCNCC1. The minimum atomic E-state index is -1.16. The number of piperidine rings is 1. The molecule has 1 aromatic carbocycles. The van der Waals surface area contributed by atoms with E-state index in [9.17, 15) is 8.78 Å². The molecule has 82 valence electrons. The second-order valence-corrected chi connectivity index (χ2v) is 4.01. The van der Waals surface area contributed by atoms with Crippen molar-refractivity contribution >= 4 is 0 Å². The maximum absolute atomic E-state index is 14.0. The summed E-state index contributed by atoms with van der Waals surface area (Å²) in [7, 11) is 0. The molecule has 1 nitrogen and oxygen atoms in total. The lowest BCUT2D eigenvalue weighted by molar-refractivity contribution is 0.186. The van der Waals surface area contributed by atoms with Crippen molar-refractivity contribution in [1.82, 2.24) is 5.32 Å². The molecule has 3 heteroatoms. The summed E-state index contributed by atoms with van der Waals surface area (Å²) in [6, 6.07) is 6.14. The van der Waals surface area contributed by atoms with E-state index in [-0.39, 0.29) is 11.5 Å². The summed E-state index contributed by atoms with van der Waals surface area (Å²) in [6.45, 7) is 1.67. The molecule has 1 heterocycles. The third-order valence-corrected chi connectivity index (χ3v) is 3.00. The van der Waals surface area contributed by atoms with Crippen molar-refractivity contribution in [1.29, 1.82) is 0 Å². The largest absolute Gasteiger partial charge is 0.317 e. The van der Waals surface area contributed by atoms with E-state index in [4.69, 9.17) is 0 Å². The standard InChI is InChI=1S/C12H15F2N/c13-11-4-2-1-3-10(11)12(14)9-5-7-15-8-6-9/h1-4,9,12,15H,5-8H2/t12-/m1/s1. The maximum atomic E-state index is 14.0. The molecule has 0 aromatic heterocycles. The van der Waals surface area contributed by atoms with Crippen LogP contribution in [0.5, 0.6) is 0 Å². The highest BCUT2D eigenvalue weighted by Crippen LogP contribution is 2.33. The van der Waals surface area contributed by atoms with Gasteiger partial charge in [-0.25, -0.2) is 8.78 Å². The van der Waals surface area contributed by atoms with Crippen LogP contribution in [0, 0.1) is 11.7 Å². The van der Waals surface area contributed by atoms with Crippen molar-refractivity contribution in [2.45, 2.75) is 19.0 Å². The second kappa shape index (κ2) is 4.71. The Balaban J connectivity index is 2.12. The van der Waals surface area contributed by atoms with E-state index in [1.54, 1.807) is 18.2 Å². The maximum Gasteiger partial charge on any atom is 0.131 e. The van der Waals surface area contributed by atoms with Gasteiger partial charge in [-0.15, -0.1) is 0 Å². The summed E-state index contributed by atoms with van der Waals surface area (Å²) in [6.07, 6.45) is 0.415. The Morgan fingerprint density at radius 2 is 1.87 bits per heavy atom. The summed E-state index contributed by atoms with van der Waals surface area (Å²) >= 11 is 0. The van der Waals surface area contributed by atoms with E-state index < -0.39 is 12.0 Å². The zero-order chi connectivity index (χ0) is 10.7. The molecule has 15 heavy (non-hydrogen) atoms. The van der Waals surface area contributed by atoms with Crippen LogP contribution in [0.3, 0.4) is 0 Å². The Kier molecular flexibility index (Phi) is 3.31. The molecule has 0 amide bonds. The first-order valence-electron chi connectivity index (χ1n) is 5.38. The van der Waals surface area contributed by atoms with Crippen LogP contribution in [-0.4, -0.2) is 13.1 Å². The molecule has 1 aliphatic rings. The van der Waals surface area contributed by atoms with Gasteiger partial charge in [-0.1, -0.05) is 18.2 Å². The fraction of sp³-hybridized carbons (Fsp3) is 0.500. The first-order valence-corrected chi connectivity index (χ1v) is 5.38. The fourth-order valence-electron chi connectivity index (χ4n) is 2.09. The van der Waals surface area contributed by atoms with Gasteiger partial charge in [0, 0.05) is 5.56 Å². The normalized spacial score (nSPS) is 20.1. The fourth-order valence-corrected chi connectivity index (χ4v) is 2.09. The Hall–Kier alpha value is -0.960. The smallest absolute Gasteiger partial charge is 0.131 e. The zero-order valence-corrected chi connectivity index (χ0v) is 8.55. The summed E-state index contributed by atoms with van der Waals surface area (Å²) in [5.74, 6) is -0.466. The Morgan fingerprint density at radius 3 is 2.53 bits per heavy atom. The van der Waals surface area contributed by atoms with Gasteiger partial charge in [-0.05, 0) is 37.9 Å². The Bertz CT molecular complexity index is 321. The molecule has 0 radical (unpaired) electrons.